The molecule has 0 fully saturated rings. The molecule has 0 bridgehead atoms. The smallest absolute Gasteiger partial charge is 0.407 e. The summed E-state index contributed by atoms with van der Waals surface area (Å²) in [6.07, 6.45) is -0.449. The van der Waals surface area contributed by atoms with Crippen molar-refractivity contribution in [1.82, 2.24) is 5.32 Å². The van der Waals surface area contributed by atoms with E-state index in [9.17, 15) is 4.79 Å². The SMILES string of the molecule is N=C(N)c1ccc(CNC(=O)OCC2c3ccccc3-c3ccccc32)s1. The average Bonchev–Trinajstić information content (AvgIpc) is 3.28. The monoisotopic (exact) mass is 377 g/mol. The maximum absolute atomic E-state index is 12.1. The lowest BCUT2D eigenvalue weighted by Crippen LogP contribution is -2.25. The average molecular weight is 377 g/mol. The van der Waals surface area contributed by atoms with E-state index in [1.165, 1.54) is 33.6 Å². The van der Waals surface area contributed by atoms with Gasteiger partial charge in [-0.1, -0.05) is 48.5 Å². The molecule has 0 saturated carbocycles. The molecule has 0 aliphatic heterocycles. The number of rotatable bonds is 5. The second kappa shape index (κ2) is 7.25. The molecule has 4 rings (SSSR count). The number of fused-ring (bicyclic) bond motifs is 3. The van der Waals surface area contributed by atoms with Crippen molar-refractivity contribution in [1.29, 1.82) is 5.41 Å². The van der Waals surface area contributed by atoms with Gasteiger partial charge < -0.3 is 15.8 Å². The highest BCUT2D eigenvalue weighted by Gasteiger charge is 2.28. The molecule has 6 heteroatoms. The van der Waals surface area contributed by atoms with Gasteiger partial charge in [-0.25, -0.2) is 4.79 Å². The molecule has 136 valence electrons. The van der Waals surface area contributed by atoms with Crippen LogP contribution >= 0.6 is 11.3 Å². The van der Waals surface area contributed by atoms with Crippen LogP contribution in [0.1, 0.15) is 26.8 Å². The Bertz CT molecular complexity index is 966. The van der Waals surface area contributed by atoms with Crippen molar-refractivity contribution >= 4 is 23.3 Å². The number of benzene rings is 2. The maximum atomic E-state index is 12.1. The van der Waals surface area contributed by atoms with Crippen molar-refractivity contribution in [3.8, 4) is 11.1 Å². The lowest BCUT2D eigenvalue weighted by atomic mass is 9.98. The fourth-order valence-corrected chi connectivity index (χ4v) is 4.24. The van der Waals surface area contributed by atoms with Crippen LogP contribution in [-0.4, -0.2) is 18.5 Å². The number of alkyl carbamates (subject to hydrolysis) is 1. The molecule has 1 aromatic heterocycles. The highest BCUT2D eigenvalue weighted by molar-refractivity contribution is 7.14. The first-order valence-corrected chi connectivity index (χ1v) is 9.47. The molecule has 0 atom stereocenters. The second-order valence-corrected chi connectivity index (χ2v) is 7.53. The van der Waals surface area contributed by atoms with Gasteiger partial charge in [0.2, 0.25) is 0 Å². The normalized spacial score (nSPS) is 12.3. The fraction of sp³-hybridized carbons (Fsp3) is 0.143. The van der Waals surface area contributed by atoms with Crippen LogP contribution in [0.2, 0.25) is 0 Å². The predicted octanol–water partition coefficient (Wildman–Crippen LogP) is 4.07. The van der Waals surface area contributed by atoms with Gasteiger partial charge in [-0.2, -0.15) is 0 Å². The van der Waals surface area contributed by atoms with Crippen molar-refractivity contribution in [2.75, 3.05) is 6.61 Å². The van der Waals surface area contributed by atoms with Crippen LogP contribution in [0, 0.1) is 5.41 Å². The summed E-state index contributed by atoms with van der Waals surface area (Å²) in [5.74, 6) is 0.0848. The van der Waals surface area contributed by atoms with E-state index in [0.717, 1.165) is 4.88 Å². The lowest BCUT2D eigenvalue weighted by molar-refractivity contribution is 0.142. The van der Waals surface area contributed by atoms with E-state index in [2.05, 4.69) is 29.6 Å². The number of nitrogens with two attached hydrogens (primary N) is 1. The Morgan fingerprint density at radius 3 is 2.26 bits per heavy atom. The van der Waals surface area contributed by atoms with Crippen LogP contribution in [-0.2, 0) is 11.3 Å². The van der Waals surface area contributed by atoms with Gasteiger partial charge in [-0.05, 0) is 34.4 Å². The Morgan fingerprint density at radius 2 is 1.67 bits per heavy atom. The Hall–Kier alpha value is -3.12. The fourth-order valence-electron chi connectivity index (χ4n) is 3.43. The predicted molar refractivity (Wildman–Crippen MR) is 107 cm³/mol. The minimum atomic E-state index is -0.449. The van der Waals surface area contributed by atoms with E-state index >= 15 is 0 Å². The third kappa shape index (κ3) is 3.44. The Balaban J connectivity index is 1.39. The highest BCUT2D eigenvalue weighted by atomic mass is 32.1. The Labute approximate surface area is 161 Å². The van der Waals surface area contributed by atoms with E-state index < -0.39 is 6.09 Å². The lowest BCUT2D eigenvalue weighted by Gasteiger charge is -2.14. The minimum absolute atomic E-state index is 0.0346. The van der Waals surface area contributed by atoms with Gasteiger partial charge in [0.15, 0.2) is 0 Å². The van der Waals surface area contributed by atoms with Gasteiger partial charge in [0.1, 0.15) is 12.4 Å². The second-order valence-electron chi connectivity index (χ2n) is 6.36. The van der Waals surface area contributed by atoms with Gasteiger partial charge in [0, 0.05) is 10.8 Å². The largest absolute Gasteiger partial charge is 0.449 e. The molecule has 3 aromatic rings. The number of amides is 1. The van der Waals surface area contributed by atoms with Gasteiger partial charge in [-0.3, -0.25) is 5.41 Å². The van der Waals surface area contributed by atoms with Crippen molar-refractivity contribution in [2.24, 2.45) is 5.73 Å². The molecule has 1 aliphatic carbocycles. The van der Waals surface area contributed by atoms with Crippen LogP contribution in [0.5, 0.6) is 0 Å². The van der Waals surface area contributed by atoms with Crippen LogP contribution < -0.4 is 11.1 Å². The summed E-state index contributed by atoms with van der Waals surface area (Å²) in [6.45, 7) is 0.650. The number of carbonyl (C=O) groups excluding carboxylic acids is 1. The van der Waals surface area contributed by atoms with Crippen molar-refractivity contribution in [3.63, 3.8) is 0 Å². The number of thiophene rings is 1. The summed E-state index contributed by atoms with van der Waals surface area (Å²) in [6, 6.07) is 20.1. The molecular weight excluding hydrogens is 358 g/mol. The van der Waals surface area contributed by atoms with Gasteiger partial charge >= 0.3 is 6.09 Å². The number of hydrogen-bond acceptors (Lipinski definition) is 4. The van der Waals surface area contributed by atoms with Crippen molar-refractivity contribution < 1.29 is 9.53 Å². The van der Waals surface area contributed by atoms with Crippen molar-refractivity contribution in [3.05, 3.63) is 81.5 Å². The summed E-state index contributed by atoms with van der Waals surface area (Å²) in [4.78, 5) is 13.8. The minimum Gasteiger partial charge on any atom is -0.449 e. The van der Waals surface area contributed by atoms with Crippen LogP contribution in [0.4, 0.5) is 4.79 Å². The van der Waals surface area contributed by atoms with Crippen LogP contribution in [0.15, 0.2) is 60.7 Å². The van der Waals surface area contributed by atoms with Crippen molar-refractivity contribution in [2.45, 2.75) is 12.5 Å². The summed E-state index contributed by atoms with van der Waals surface area (Å²) in [5.41, 5.74) is 10.3. The molecule has 5 nitrogen and oxygen atoms in total. The van der Waals surface area contributed by atoms with Gasteiger partial charge in [0.05, 0.1) is 11.4 Å². The zero-order valence-corrected chi connectivity index (χ0v) is 15.4. The number of nitrogens with one attached hydrogen (secondary N) is 2. The van der Waals surface area contributed by atoms with Gasteiger partial charge in [-0.15, -0.1) is 11.3 Å². The summed E-state index contributed by atoms with van der Waals surface area (Å²) < 4.78 is 5.50. The maximum Gasteiger partial charge on any atom is 0.407 e. The Kier molecular flexibility index (Phi) is 4.64. The third-order valence-electron chi connectivity index (χ3n) is 4.68. The van der Waals surface area contributed by atoms with E-state index in [-0.39, 0.29) is 11.8 Å². The highest BCUT2D eigenvalue weighted by Crippen LogP contribution is 2.44. The molecule has 0 radical (unpaired) electrons. The van der Waals surface area contributed by atoms with E-state index in [1.54, 1.807) is 6.07 Å². The molecule has 4 N–H and O–H groups in total. The summed E-state index contributed by atoms with van der Waals surface area (Å²) in [5, 5.41) is 10.2. The topological polar surface area (TPSA) is 88.2 Å². The molecule has 0 unspecified atom stereocenters. The molecule has 2 aromatic carbocycles. The first-order valence-electron chi connectivity index (χ1n) is 8.65. The molecule has 1 heterocycles. The van der Waals surface area contributed by atoms with Crippen LogP contribution in [0.3, 0.4) is 0 Å². The number of amidine groups is 1. The molecule has 0 saturated heterocycles. The molecular formula is C21H19N3O2S. The molecule has 1 amide bonds. The first-order chi connectivity index (χ1) is 13.1. The number of nitrogen functional groups attached to an aromatic ring is 1. The zero-order valence-electron chi connectivity index (χ0n) is 14.6. The van der Waals surface area contributed by atoms with Gasteiger partial charge in [0.25, 0.3) is 0 Å². The number of ether oxygens (including phenoxy) is 1. The molecule has 0 spiro atoms. The van der Waals surface area contributed by atoms with E-state index in [0.29, 0.717) is 18.0 Å². The molecule has 27 heavy (non-hydrogen) atoms. The first kappa shape index (κ1) is 17.3. The third-order valence-corrected chi connectivity index (χ3v) is 5.80. The number of carbonyl (C=O) groups is 1. The summed E-state index contributed by atoms with van der Waals surface area (Å²) >= 11 is 1.39. The van der Waals surface area contributed by atoms with Crippen LogP contribution in [0.25, 0.3) is 11.1 Å². The zero-order chi connectivity index (χ0) is 18.8. The molecule has 1 aliphatic rings. The standard InChI is InChI=1S/C21H19N3O2S/c22-20(23)19-10-9-13(27-19)11-24-21(25)26-12-18-16-7-3-1-5-14(16)15-6-2-4-8-17(15)18/h1-10,18H,11-12H2,(H3,22,23)(H,24,25). The number of hydrogen-bond donors (Lipinski definition) is 3. The summed E-state index contributed by atoms with van der Waals surface area (Å²) in [7, 11) is 0. The quantitative estimate of drug-likeness (QED) is 0.462. The Morgan fingerprint density at radius 1 is 1.04 bits per heavy atom. The van der Waals surface area contributed by atoms with E-state index in [4.69, 9.17) is 15.9 Å². The van der Waals surface area contributed by atoms with E-state index in [1.807, 2.05) is 30.3 Å².